The van der Waals surface area contributed by atoms with Gasteiger partial charge in [-0.15, -0.1) is 0 Å². The molecule has 0 saturated heterocycles. The van der Waals surface area contributed by atoms with E-state index in [1.54, 1.807) is 18.2 Å². The van der Waals surface area contributed by atoms with Gasteiger partial charge in [-0.1, -0.05) is 12.2 Å². The summed E-state index contributed by atoms with van der Waals surface area (Å²) in [5.74, 6) is -0.208. The van der Waals surface area contributed by atoms with Crippen LogP contribution in [0.15, 0.2) is 36.4 Å². The summed E-state index contributed by atoms with van der Waals surface area (Å²) in [6.07, 6.45) is 7.55. The Hall–Kier alpha value is -1.06. The van der Waals surface area contributed by atoms with Gasteiger partial charge in [0.1, 0.15) is 6.20 Å². The lowest BCUT2D eigenvalue weighted by Crippen LogP contribution is -3.00. The van der Waals surface area contributed by atoms with Crippen LogP contribution in [0.5, 0.6) is 0 Å². The van der Waals surface area contributed by atoms with Crippen molar-refractivity contribution in [2.24, 2.45) is 0 Å². The molecular weight excluding hydrogens is 118 g/mol. The van der Waals surface area contributed by atoms with Crippen molar-refractivity contribution < 1.29 is 10.2 Å². The standard InChI is InChI=1S/C6H7NO2/c8-6-4-2-1-3-5-7(6)9/h1-5,7-8H. The van der Waals surface area contributed by atoms with Crippen molar-refractivity contribution in [3.63, 3.8) is 0 Å². The SMILES string of the molecule is [O-][NH+]1C=CC=CC=C1O. The molecule has 1 rings (SSSR count). The molecule has 3 heteroatoms. The van der Waals surface area contributed by atoms with Crippen LogP contribution < -0.4 is 5.06 Å². The van der Waals surface area contributed by atoms with Gasteiger partial charge in [0.15, 0.2) is 0 Å². The molecule has 1 aliphatic rings. The molecule has 0 amide bonds. The first-order chi connectivity index (χ1) is 4.30. The van der Waals surface area contributed by atoms with E-state index in [4.69, 9.17) is 5.11 Å². The fourth-order valence-electron chi connectivity index (χ4n) is 0.521. The fraction of sp³-hybridized carbons (Fsp3) is 0. The molecule has 1 unspecified atom stereocenters. The maximum Gasteiger partial charge on any atom is 0.292 e. The molecule has 0 saturated carbocycles. The van der Waals surface area contributed by atoms with Crippen molar-refractivity contribution >= 4 is 0 Å². The van der Waals surface area contributed by atoms with Crippen LogP contribution >= 0.6 is 0 Å². The Morgan fingerprint density at radius 2 is 2.11 bits per heavy atom. The van der Waals surface area contributed by atoms with Crippen LogP contribution in [0, 0.1) is 5.21 Å². The molecule has 3 nitrogen and oxygen atoms in total. The lowest BCUT2D eigenvalue weighted by atomic mass is 10.5. The summed E-state index contributed by atoms with van der Waals surface area (Å²) in [6.45, 7) is 0. The minimum Gasteiger partial charge on any atom is -0.622 e. The fourth-order valence-corrected chi connectivity index (χ4v) is 0.521. The average Bonchev–Trinajstić information content (AvgIpc) is 1.99. The quantitative estimate of drug-likeness (QED) is 0.442. The zero-order valence-corrected chi connectivity index (χ0v) is 4.74. The van der Waals surface area contributed by atoms with Gasteiger partial charge in [0.2, 0.25) is 0 Å². The number of hydrogen-bond acceptors (Lipinski definition) is 2. The van der Waals surface area contributed by atoms with Crippen molar-refractivity contribution in [1.82, 2.24) is 0 Å². The first kappa shape index (κ1) is 6.07. The third kappa shape index (κ3) is 1.42. The molecule has 0 aromatic carbocycles. The topological polar surface area (TPSA) is 47.7 Å². The third-order valence-corrected chi connectivity index (χ3v) is 0.976. The van der Waals surface area contributed by atoms with Crippen LogP contribution in [0.2, 0.25) is 0 Å². The number of aliphatic hydroxyl groups is 1. The number of hydrogen-bond donors (Lipinski definition) is 2. The molecule has 0 spiro atoms. The number of aliphatic hydroxyl groups excluding tert-OH is 1. The summed E-state index contributed by atoms with van der Waals surface area (Å²) in [5, 5.41) is 19.0. The first-order valence-corrected chi connectivity index (χ1v) is 2.59. The molecule has 0 aliphatic carbocycles. The number of rotatable bonds is 0. The lowest BCUT2D eigenvalue weighted by molar-refractivity contribution is -0.765. The van der Waals surface area contributed by atoms with E-state index < -0.39 is 0 Å². The molecule has 1 heterocycles. The van der Waals surface area contributed by atoms with E-state index in [0.717, 1.165) is 0 Å². The summed E-state index contributed by atoms with van der Waals surface area (Å²) < 4.78 is 0. The summed E-state index contributed by atoms with van der Waals surface area (Å²) in [6, 6.07) is 0. The predicted octanol–water partition coefficient (Wildman–Crippen LogP) is -0.148. The van der Waals surface area contributed by atoms with Crippen LogP contribution in [-0.4, -0.2) is 5.11 Å². The van der Waals surface area contributed by atoms with Gasteiger partial charge in [-0.05, 0) is 6.08 Å². The molecule has 48 valence electrons. The van der Waals surface area contributed by atoms with Crippen molar-refractivity contribution in [2.45, 2.75) is 0 Å². The Morgan fingerprint density at radius 1 is 1.33 bits per heavy atom. The third-order valence-electron chi connectivity index (χ3n) is 0.976. The van der Waals surface area contributed by atoms with Crippen LogP contribution in [0.4, 0.5) is 0 Å². The van der Waals surface area contributed by atoms with Gasteiger partial charge in [-0.25, -0.2) is 0 Å². The second-order valence-corrected chi connectivity index (χ2v) is 1.66. The number of allylic oxidation sites excluding steroid dienone is 4. The Labute approximate surface area is 52.8 Å². The molecule has 0 radical (unpaired) electrons. The van der Waals surface area contributed by atoms with E-state index in [9.17, 15) is 5.21 Å². The van der Waals surface area contributed by atoms with E-state index in [0.29, 0.717) is 0 Å². The summed E-state index contributed by atoms with van der Waals surface area (Å²) >= 11 is 0. The van der Waals surface area contributed by atoms with Gasteiger partial charge in [0.05, 0.1) is 0 Å². The second kappa shape index (κ2) is 2.48. The molecule has 2 N–H and O–H groups in total. The minimum atomic E-state index is -0.347. The number of hydroxylamine groups is 2. The van der Waals surface area contributed by atoms with Crippen molar-refractivity contribution in [2.75, 3.05) is 0 Å². The molecule has 0 bridgehead atoms. The van der Waals surface area contributed by atoms with Crippen LogP contribution in [0.1, 0.15) is 0 Å². The number of quaternary nitrogens is 1. The van der Waals surface area contributed by atoms with Gasteiger partial charge in [0, 0.05) is 6.08 Å². The maximum absolute atomic E-state index is 10.6. The van der Waals surface area contributed by atoms with E-state index in [-0.39, 0.29) is 10.9 Å². The molecule has 1 atom stereocenters. The van der Waals surface area contributed by atoms with Crippen molar-refractivity contribution in [1.29, 1.82) is 0 Å². The summed E-state index contributed by atoms with van der Waals surface area (Å²) in [5.41, 5.74) is 0. The molecule has 0 aromatic heterocycles. The largest absolute Gasteiger partial charge is 0.622 e. The van der Waals surface area contributed by atoms with E-state index in [1.165, 1.54) is 12.3 Å². The van der Waals surface area contributed by atoms with Gasteiger partial charge < -0.3 is 10.3 Å². The number of nitrogens with one attached hydrogen (secondary N) is 1. The molecular formula is C6H7NO2. The van der Waals surface area contributed by atoms with Crippen LogP contribution in [0.25, 0.3) is 0 Å². The normalized spacial score (nSPS) is 25.4. The molecule has 1 aliphatic heterocycles. The zero-order chi connectivity index (χ0) is 6.69. The predicted molar refractivity (Wildman–Crippen MR) is 33.3 cm³/mol. The Bertz CT molecular complexity index is 181. The van der Waals surface area contributed by atoms with Gasteiger partial charge >= 0.3 is 0 Å². The summed E-state index contributed by atoms with van der Waals surface area (Å²) in [4.78, 5) is 0. The minimum absolute atomic E-state index is 0.208. The highest BCUT2D eigenvalue weighted by atomic mass is 16.5. The van der Waals surface area contributed by atoms with Gasteiger partial charge in [-0.2, -0.15) is 0 Å². The highest BCUT2D eigenvalue weighted by molar-refractivity contribution is 5.12. The van der Waals surface area contributed by atoms with E-state index in [2.05, 4.69) is 0 Å². The van der Waals surface area contributed by atoms with Crippen molar-refractivity contribution in [3.05, 3.63) is 41.6 Å². The van der Waals surface area contributed by atoms with Crippen LogP contribution in [-0.2, 0) is 0 Å². The molecule has 0 fully saturated rings. The second-order valence-electron chi connectivity index (χ2n) is 1.66. The Kier molecular flexibility index (Phi) is 1.67. The monoisotopic (exact) mass is 125 g/mol. The average molecular weight is 125 g/mol. The van der Waals surface area contributed by atoms with E-state index in [1.807, 2.05) is 0 Å². The first-order valence-electron chi connectivity index (χ1n) is 2.59. The van der Waals surface area contributed by atoms with Gasteiger partial charge in [0.25, 0.3) is 5.88 Å². The Balaban J connectivity index is 2.80. The smallest absolute Gasteiger partial charge is 0.292 e. The summed E-state index contributed by atoms with van der Waals surface area (Å²) in [7, 11) is 0. The lowest BCUT2D eigenvalue weighted by Gasteiger charge is -2.12. The highest BCUT2D eigenvalue weighted by Crippen LogP contribution is 1.84. The molecule has 9 heavy (non-hydrogen) atoms. The maximum atomic E-state index is 10.6. The molecule has 0 aromatic rings. The zero-order valence-electron chi connectivity index (χ0n) is 4.74. The van der Waals surface area contributed by atoms with Crippen molar-refractivity contribution in [3.8, 4) is 0 Å². The Morgan fingerprint density at radius 3 is 2.89 bits per heavy atom. The van der Waals surface area contributed by atoms with Gasteiger partial charge in [-0.3, -0.25) is 5.06 Å². The van der Waals surface area contributed by atoms with Crippen LogP contribution in [0.3, 0.4) is 0 Å². The highest BCUT2D eigenvalue weighted by Gasteiger charge is 1.97. The van der Waals surface area contributed by atoms with E-state index >= 15 is 0 Å².